The smallest absolute Gasteiger partial charge is 0.226 e. The SMILES string of the molecule is CCc1ncnc(N(C)CC2CCN(c3nccc(C#N)n3)CC2)c1F. The minimum Gasteiger partial charge on any atom is -0.357 e. The molecule has 26 heavy (non-hydrogen) atoms. The summed E-state index contributed by atoms with van der Waals surface area (Å²) in [5.74, 6) is 1.08. The van der Waals surface area contributed by atoms with E-state index in [2.05, 4.69) is 24.8 Å². The second kappa shape index (κ2) is 8.04. The van der Waals surface area contributed by atoms with Gasteiger partial charge in [-0.05, 0) is 31.2 Å². The minimum atomic E-state index is -0.323. The number of hydrogen-bond acceptors (Lipinski definition) is 7. The molecule has 0 atom stereocenters. The lowest BCUT2D eigenvalue weighted by molar-refractivity contribution is 0.403. The van der Waals surface area contributed by atoms with E-state index in [0.29, 0.717) is 35.5 Å². The predicted octanol–water partition coefficient (Wildman–Crippen LogP) is 2.19. The highest BCUT2D eigenvalue weighted by atomic mass is 19.1. The van der Waals surface area contributed by atoms with Crippen LogP contribution in [-0.4, -0.2) is 46.6 Å². The molecule has 7 nitrogen and oxygen atoms in total. The van der Waals surface area contributed by atoms with Crippen molar-refractivity contribution in [1.29, 1.82) is 5.26 Å². The van der Waals surface area contributed by atoms with E-state index in [1.54, 1.807) is 12.3 Å². The van der Waals surface area contributed by atoms with Gasteiger partial charge in [0.25, 0.3) is 0 Å². The van der Waals surface area contributed by atoms with Crippen LogP contribution in [0.5, 0.6) is 0 Å². The van der Waals surface area contributed by atoms with Gasteiger partial charge in [-0.1, -0.05) is 6.92 Å². The third kappa shape index (κ3) is 3.87. The third-order valence-corrected chi connectivity index (χ3v) is 4.73. The van der Waals surface area contributed by atoms with Crippen LogP contribution in [0.4, 0.5) is 16.2 Å². The Labute approximate surface area is 152 Å². The second-order valence-electron chi connectivity index (χ2n) is 6.48. The molecule has 1 saturated heterocycles. The van der Waals surface area contributed by atoms with Crippen molar-refractivity contribution in [2.75, 3.05) is 36.5 Å². The number of aryl methyl sites for hydroxylation is 1. The Kier molecular flexibility index (Phi) is 5.56. The number of hydrogen-bond donors (Lipinski definition) is 0. The topological polar surface area (TPSA) is 81.8 Å². The summed E-state index contributed by atoms with van der Waals surface area (Å²) >= 11 is 0. The van der Waals surface area contributed by atoms with Crippen LogP contribution in [0.25, 0.3) is 0 Å². The molecule has 3 rings (SSSR count). The molecule has 2 aromatic rings. The molecule has 8 heteroatoms. The second-order valence-corrected chi connectivity index (χ2v) is 6.48. The van der Waals surface area contributed by atoms with Crippen LogP contribution >= 0.6 is 0 Å². The number of nitrogens with zero attached hydrogens (tertiary/aromatic N) is 7. The van der Waals surface area contributed by atoms with Gasteiger partial charge in [-0.25, -0.2) is 24.3 Å². The highest BCUT2D eigenvalue weighted by molar-refractivity contribution is 5.40. The summed E-state index contributed by atoms with van der Waals surface area (Å²) in [6, 6.07) is 3.65. The standard InChI is InChI=1S/C18H22FN7/c1-3-15-16(19)17(23-12-22-15)25(2)11-13-5-8-26(9-6-13)18-21-7-4-14(10-20)24-18/h4,7,12-13H,3,5-6,8-9,11H2,1-2H3. The van der Waals surface area contributed by atoms with Gasteiger partial charge in [0.15, 0.2) is 11.6 Å². The molecule has 0 saturated carbocycles. The molecule has 0 bridgehead atoms. The fourth-order valence-electron chi connectivity index (χ4n) is 3.26. The zero-order valence-electron chi connectivity index (χ0n) is 15.1. The van der Waals surface area contributed by atoms with Gasteiger partial charge in [-0.3, -0.25) is 0 Å². The maximum Gasteiger partial charge on any atom is 0.226 e. The van der Waals surface area contributed by atoms with Crippen LogP contribution in [0.1, 0.15) is 31.2 Å². The summed E-state index contributed by atoms with van der Waals surface area (Å²) in [4.78, 5) is 20.6. The lowest BCUT2D eigenvalue weighted by atomic mass is 9.96. The van der Waals surface area contributed by atoms with Crippen LogP contribution in [0.2, 0.25) is 0 Å². The zero-order chi connectivity index (χ0) is 18.5. The van der Waals surface area contributed by atoms with Gasteiger partial charge in [-0.2, -0.15) is 5.26 Å². The molecule has 0 N–H and O–H groups in total. The normalized spacial score (nSPS) is 14.9. The molecule has 1 fully saturated rings. The number of nitriles is 1. The Morgan fingerprint density at radius 3 is 2.77 bits per heavy atom. The van der Waals surface area contributed by atoms with Crippen LogP contribution in [0, 0.1) is 23.1 Å². The molecular formula is C18H22FN7. The minimum absolute atomic E-state index is 0.323. The molecule has 0 unspecified atom stereocenters. The summed E-state index contributed by atoms with van der Waals surface area (Å²) in [5, 5.41) is 8.96. The molecule has 1 aliphatic heterocycles. The summed E-state index contributed by atoms with van der Waals surface area (Å²) in [6.07, 6.45) is 5.50. The van der Waals surface area contributed by atoms with E-state index in [1.807, 2.05) is 24.9 Å². The quantitative estimate of drug-likeness (QED) is 0.813. The monoisotopic (exact) mass is 355 g/mol. The van der Waals surface area contributed by atoms with Crippen molar-refractivity contribution < 1.29 is 4.39 Å². The Morgan fingerprint density at radius 1 is 1.31 bits per heavy atom. The fourth-order valence-corrected chi connectivity index (χ4v) is 3.26. The highest BCUT2D eigenvalue weighted by Crippen LogP contribution is 2.24. The van der Waals surface area contributed by atoms with E-state index in [0.717, 1.165) is 32.5 Å². The number of aromatic nitrogens is 4. The molecule has 0 amide bonds. The lowest BCUT2D eigenvalue weighted by Gasteiger charge is -2.34. The van der Waals surface area contributed by atoms with Crippen molar-refractivity contribution in [2.45, 2.75) is 26.2 Å². The van der Waals surface area contributed by atoms with Gasteiger partial charge in [0, 0.05) is 32.9 Å². The summed E-state index contributed by atoms with van der Waals surface area (Å²) in [5.41, 5.74) is 0.828. The van der Waals surface area contributed by atoms with E-state index in [9.17, 15) is 4.39 Å². The Morgan fingerprint density at radius 2 is 2.08 bits per heavy atom. The molecule has 1 aliphatic rings. The average molecular weight is 355 g/mol. The summed E-state index contributed by atoms with van der Waals surface area (Å²) in [6.45, 7) is 4.26. The molecule has 2 aromatic heterocycles. The first-order valence-corrected chi connectivity index (χ1v) is 8.81. The summed E-state index contributed by atoms with van der Waals surface area (Å²) < 4.78 is 14.4. The predicted molar refractivity (Wildman–Crippen MR) is 96.3 cm³/mol. The number of halogens is 1. The Hall–Kier alpha value is -2.82. The van der Waals surface area contributed by atoms with Crippen LogP contribution < -0.4 is 9.80 Å². The highest BCUT2D eigenvalue weighted by Gasteiger charge is 2.24. The van der Waals surface area contributed by atoms with Gasteiger partial charge in [0.1, 0.15) is 18.1 Å². The average Bonchev–Trinajstić information content (AvgIpc) is 2.68. The molecule has 136 valence electrons. The van der Waals surface area contributed by atoms with Gasteiger partial charge >= 0.3 is 0 Å². The van der Waals surface area contributed by atoms with Crippen LogP contribution in [-0.2, 0) is 6.42 Å². The van der Waals surface area contributed by atoms with E-state index >= 15 is 0 Å². The zero-order valence-corrected chi connectivity index (χ0v) is 15.1. The Balaban J connectivity index is 1.59. The van der Waals surface area contributed by atoms with Gasteiger partial charge in [0.2, 0.25) is 5.95 Å². The van der Waals surface area contributed by atoms with Crippen molar-refractivity contribution in [3.8, 4) is 6.07 Å². The van der Waals surface area contributed by atoms with Crippen molar-refractivity contribution in [1.82, 2.24) is 19.9 Å². The molecule has 0 spiro atoms. The van der Waals surface area contributed by atoms with E-state index in [1.165, 1.54) is 6.33 Å². The largest absolute Gasteiger partial charge is 0.357 e. The third-order valence-electron chi connectivity index (χ3n) is 4.73. The lowest BCUT2D eigenvalue weighted by Crippen LogP contribution is -2.39. The summed E-state index contributed by atoms with van der Waals surface area (Å²) in [7, 11) is 1.87. The molecule has 0 aromatic carbocycles. The maximum atomic E-state index is 14.4. The number of rotatable bonds is 5. The first-order chi connectivity index (χ1) is 12.6. The molecule has 0 aliphatic carbocycles. The van der Waals surface area contributed by atoms with Crippen molar-refractivity contribution >= 4 is 11.8 Å². The van der Waals surface area contributed by atoms with E-state index in [-0.39, 0.29) is 5.82 Å². The first-order valence-electron chi connectivity index (χ1n) is 8.81. The molecule has 3 heterocycles. The molecular weight excluding hydrogens is 333 g/mol. The van der Waals surface area contributed by atoms with Gasteiger partial charge in [0.05, 0.1) is 5.69 Å². The van der Waals surface area contributed by atoms with Crippen LogP contribution in [0.3, 0.4) is 0 Å². The number of anilines is 2. The van der Waals surface area contributed by atoms with Crippen LogP contribution in [0.15, 0.2) is 18.6 Å². The van der Waals surface area contributed by atoms with Gasteiger partial charge in [-0.15, -0.1) is 0 Å². The fraction of sp³-hybridized carbons (Fsp3) is 0.500. The number of piperidine rings is 1. The maximum absolute atomic E-state index is 14.4. The molecule has 0 radical (unpaired) electrons. The van der Waals surface area contributed by atoms with E-state index in [4.69, 9.17) is 5.26 Å². The van der Waals surface area contributed by atoms with E-state index < -0.39 is 0 Å². The van der Waals surface area contributed by atoms with Gasteiger partial charge < -0.3 is 9.80 Å². The first kappa shape index (κ1) is 18.0. The van der Waals surface area contributed by atoms with Crippen molar-refractivity contribution in [3.05, 3.63) is 35.8 Å². The van der Waals surface area contributed by atoms with Crippen molar-refractivity contribution in [2.24, 2.45) is 5.92 Å². The van der Waals surface area contributed by atoms with Crippen molar-refractivity contribution in [3.63, 3.8) is 0 Å². The Bertz CT molecular complexity index is 796.